The summed E-state index contributed by atoms with van der Waals surface area (Å²) in [5.74, 6) is -0.401. The molecule has 0 amide bonds. The number of aromatic nitrogens is 6. The molecule has 0 aliphatic carbocycles. The standard InChI is InChI=1S/C44H25FN6O/c45-27-22-39-43(49-25-27)33-23-28(13-16-37(33)51(39)29-14-17-40-34(24-29)44-41(52-40)11-6-20-48-44)50-36-15-12-26(21-32(36)42-38(50)10-5-19-47-42)30-7-1-2-8-31(30)35-9-3-4-18-46-35/h1-25H. The molecule has 7 heterocycles. The maximum atomic E-state index is 14.9. The molecule has 0 atom stereocenters. The highest BCUT2D eigenvalue weighted by atomic mass is 19.1. The molecule has 4 aromatic carbocycles. The number of rotatable bonds is 4. The molecule has 0 saturated heterocycles. The van der Waals surface area contributed by atoms with Gasteiger partial charge in [-0.2, -0.15) is 0 Å². The molecule has 7 aromatic heterocycles. The topological polar surface area (TPSA) is 74.6 Å². The predicted octanol–water partition coefficient (Wildman–Crippen LogP) is 10.8. The summed E-state index contributed by atoms with van der Waals surface area (Å²) >= 11 is 0. The van der Waals surface area contributed by atoms with E-state index in [4.69, 9.17) is 9.40 Å². The molecule has 11 rings (SSSR count). The molecule has 0 fully saturated rings. The molecule has 7 nitrogen and oxygen atoms in total. The molecule has 0 spiro atoms. The van der Waals surface area contributed by atoms with Crippen LogP contribution in [-0.2, 0) is 0 Å². The van der Waals surface area contributed by atoms with Gasteiger partial charge in [0.05, 0.1) is 45.0 Å². The zero-order valence-corrected chi connectivity index (χ0v) is 27.4. The van der Waals surface area contributed by atoms with Crippen LogP contribution in [0.25, 0.3) is 99.7 Å². The number of nitrogens with zero attached hydrogens (tertiary/aromatic N) is 6. The Morgan fingerprint density at radius 2 is 1.15 bits per heavy atom. The van der Waals surface area contributed by atoms with E-state index in [2.05, 4.69) is 84.7 Å². The van der Waals surface area contributed by atoms with Crippen molar-refractivity contribution >= 4 is 65.9 Å². The Kier molecular flexibility index (Phi) is 6.00. The second-order valence-corrected chi connectivity index (χ2v) is 12.9. The van der Waals surface area contributed by atoms with Gasteiger partial charge in [-0.1, -0.05) is 36.4 Å². The summed E-state index contributed by atoms with van der Waals surface area (Å²) in [6.07, 6.45) is 6.71. The fourth-order valence-electron chi connectivity index (χ4n) is 7.75. The van der Waals surface area contributed by atoms with E-state index in [0.717, 1.165) is 88.7 Å². The summed E-state index contributed by atoms with van der Waals surface area (Å²) in [5, 5.41) is 2.84. The van der Waals surface area contributed by atoms with Crippen LogP contribution in [0.1, 0.15) is 0 Å². The monoisotopic (exact) mass is 672 g/mol. The highest BCUT2D eigenvalue weighted by Gasteiger charge is 2.20. The van der Waals surface area contributed by atoms with Crippen LogP contribution < -0.4 is 0 Å². The minimum atomic E-state index is -0.401. The van der Waals surface area contributed by atoms with Crippen molar-refractivity contribution in [2.24, 2.45) is 0 Å². The third-order valence-corrected chi connectivity index (χ3v) is 9.98. The molecular formula is C44H25FN6O. The van der Waals surface area contributed by atoms with E-state index in [1.807, 2.05) is 73.1 Å². The quantitative estimate of drug-likeness (QED) is 0.186. The normalized spacial score (nSPS) is 11.9. The van der Waals surface area contributed by atoms with Gasteiger partial charge < -0.3 is 13.6 Å². The number of hydrogen-bond donors (Lipinski definition) is 0. The van der Waals surface area contributed by atoms with Crippen molar-refractivity contribution in [3.8, 4) is 33.8 Å². The van der Waals surface area contributed by atoms with Crippen molar-refractivity contribution in [1.29, 1.82) is 0 Å². The van der Waals surface area contributed by atoms with Gasteiger partial charge in [0.1, 0.15) is 16.9 Å². The predicted molar refractivity (Wildman–Crippen MR) is 204 cm³/mol. The molecule has 0 bridgehead atoms. The summed E-state index contributed by atoms with van der Waals surface area (Å²) in [4.78, 5) is 18.7. The van der Waals surface area contributed by atoms with Crippen LogP contribution in [0.5, 0.6) is 0 Å². The maximum absolute atomic E-state index is 14.9. The Labute approximate surface area is 294 Å². The van der Waals surface area contributed by atoms with E-state index in [9.17, 15) is 4.39 Å². The van der Waals surface area contributed by atoms with Crippen molar-refractivity contribution in [3.05, 3.63) is 158 Å². The summed E-state index contributed by atoms with van der Waals surface area (Å²) in [6.45, 7) is 0. The number of benzene rings is 4. The smallest absolute Gasteiger partial charge is 0.153 e. The second kappa shape index (κ2) is 10.9. The number of pyridine rings is 4. The number of halogens is 1. The molecule has 0 aliphatic rings. The fourth-order valence-corrected chi connectivity index (χ4v) is 7.75. The first-order valence-electron chi connectivity index (χ1n) is 17.0. The van der Waals surface area contributed by atoms with Gasteiger partial charge >= 0.3 is 0 Å². The van der Waals surface area contributed by atoms with Gasteiger partial charge in [-0.15, -0.1) is 0 Å². The Morgan fingerprint density at radius 1 is 0.462 bits per heavy atom. The van der Waals surface area contributed by atoms with Crippen LogP contribution in [0.3, 0.4) is 0 Å². The van der Waals surface area contributed by atoms with E-state index in [1.165, 1.54) is 6.20 Å². The zero-order chi connectivity index (χ0) is 34.3. The first-order valence-corrected chi connectivity index (χ1v) is 17.0. The highest BCUT2D eigenvalue weighted by molar-refractivity contribution is 6.11. The van der Waals surface area contributed by atoms with Gasteiger partial charge in [-0.3, -0.25) is 19.9 Å². The van der Waals surface area contributed by atoms with E-state index in [-0.39, 0.29) is 0 Å². The first kappa shape index (κ1) is 28.6. The molecule has 11 aromatic rings. The van der Waals surface area contributed by atoms with E-state index < -0.39 is 5.82 Å². The molecule has 0 unspecified atom stereocenters. The van der Waals surface area contributed by atoms with Crippen LogP contribution in [0, 0.1) is 5.82 Å². The average molecular weight is 673 g/mol. The van der Waals surface area contributed by atoms with Gasteiger partial charge in [0, 0.05) is 57.8 Å². The lowest BCUT2D eigenvalue weighted by atomic mass is 9.96. The van der Waals surface area contributed by atoms with Crippen molar-refractivity contribution < 1.29 is 8.81 Å². The first-order chi connectivity index (χ1) is 25.7. The Hall–Kier alpha value is -7.19. The van der Waals surface area contributed by atoms with Crippen LogP contribution >= 0.6 is 0 Å². The molecular weight excluding hydrogens is 648 g/mol. The van der Waals surface area contributed by atoms with Crippen LogP contribution in [-0.4, -0.2) is 29.1 Å². The molecule has 0 saturated carbocycles. The molecule has 8 heteroatoms. The van der Waals surface area contributed by atoms with E-state index in [0.29, 0.717) is 11.0 Å². The maximum Gasteiger partial charge on any atom is 0.153 e. The Balaban J connectivity index is 1.12. The van der Waals surface area contributed by atoms with Crippen molar-refractivity contribution in [3.63, 3.8) is 0 Å². The third kappa shape index (κ3) is 4.18. The van der Waals surface area contributed by atoms with Gasteiger partial charge in [0.2, 0.25) is 0 Å². The minimum Gasteiger partial charge on any atom is -0.454 e. The minimum absolute atomic E-state index is 0.401. The second-order valence-electron chi connectivity index (χ2n) is 12.9. The zero-order valence-electron chi connectivity index (χ0n) is 27.4. The number of furan rings is 1. The molecule has 0 aliphatic heterocycles. The van der Waals surface area contributed by atoms with Gasteiger partial charge in [-0.25, -0.2) is 4.39 Å². The highest BCUT2D eigenvalue weighted by Crippen LogP contribution is 2.39. The summed E-state index contributed by atoms with van der Waals surface area (Å²) in [7, 11) is 0. The molecule has 0 radical (unpaired) electrons. The lowest BCUT2D eigenvalue weighted by Crippen LogP contribution is -1.96. The fraction of sp³-hybridized carbons (Fsp3) is 0. The lowest BCUT2D eigenvalue weighted by molar-refractivity contribution is 0.624. The summed E-state index contributed by atoms with van der Waals surface area (Å²) in [5.41, 5.74) is 13.5. The lowest BCUT2D eigenvalue weighted by Gasteiger charge is -2.11. The van der Waals surface area contributed by atoms with Crippen LogP contribution in [0.2, 0.25) is 0 Å². The van der Waals surface area contributed by atoms with Crippen molar-refractivity contribution in [2.75, 3.05) is 0 Å². The van der Waals surface area contributed by atoms with Crippen molar-refractivity contribution in [2.45, 2.75) is 0 Å². The largest absolute Gasteiger partial charge is 0.454 e. The molecule has 244 valence electrons. The van der Waals surface area contributed by atoms with Gasteiger partial charge in [0.25, 0.3) is 0 Å². The van der Waals surface area contributed by atoms with Gasteiger partial charge in [-0.05, 0) is 96.1 Å². The Morgan fingerprint density at radius 3 is 2.02 bits per heavy atom. The van der Waals surface area contributed by atoms with Gasteiger partial charge in [0.15, 0.2) is 5.58 Å². The van der Waals surface area contributed by atoms with Crippen molar-refractivity contribution in [1.82, 2.24) is 29.1 Å². The van der Waals surface area contributed by atoms with Crippen LogP contribution in [0.15, 0.2) is 157 Å². The number of fused-ring (bicyclic) bond motifs is 9. The van der Waals surface area contributed by atoms with Crippen LogP contribution in [0.4, 0.5) is 4.39 Å². The Bertz CT molecular complexity index is 3210. The number of hydrogen-bond acceptors (Lipinski definition) is 5. The van der Waals surface area contributed by atoms with E-state index in [1.54, 1.807) is 12.3 Å². The average Bonchev–Trinajstić information content (AvgIpc) is 3.84. The SMILES string of the molecule is Fc1cnc2c3cc(-n4c5ccc(-c6ccccc6-c6ccccn6)cc5c5ncccc54)ccc3n(-c3ccc4oc5cccnc5c4c3)c2c1. The third-order valence-electron chi connectivity index (χ3n) is 9.98. The molecule has 0 N–H and O–H groups in total. The summed E-state index contributed by atoms with van der Waals surface area (Å²) < 4.78 is 25.2. The van der Waals surface area contributed by atoms with E-state index >= 15 is 0 Å². The molecule has 52 heavy (non-hydrogen) atoms. The summed E-state index contributed by atoms with van der Waals surface area (Å²) in [6, 6.07) is 42.6.